The molecule has 220 valence electrons. The molecular weight excluding hydrogens is 574 g/mol. The first-order chi connectivity index (χ1) is 18.9. The summed E-state index contributed by atoms with van der Waals surface area (Å²) in [6.45, 7) is 0. The van der Waals surface area contributed by atoms with Gasteiger partial charge in [0.1, 0.15) is 0 Å². The van der Waals surface area contributed by atoms with Crippen molar-refractivity contribution in [1.82, 2.24) is 0 Å². The normalized spacial score (nSPS) is 28.8. The van der Waals surface area contributed by atoms with E-state index in [9.17, 15) is 0 Å². The summed E-state index contributed by atoms with van der Waals surface area (Å²) in [5.41, 5.74) is 0. The molecule has 0 amide bonds. The Balaban J connectivity index is 0.000000310. The van der Waals surface area contributed by atoms with Crippen molar-refractivity contribution in [3.63, 3.8) is 0 Å². The van der Waals surface area contributed by atoms with E-state index >= 15 is 0 Å². The van der Waals surface area contributed by atoms with Crippen molar-refractivity contribution in [1.29, 1.82) is 0 Å². The molecular formula is C38H50Co2. The van der Waals surface area contributed by atoms with Crippen molar-refractivity contribution in [2.45, 2.75) is 128 Å². The van der Waals surface area contributed by atoms with Gasteiger partial charge in [-0.05, 0) is 163 Å². The molecule has 40 heavy (non-hydrogen) atoms. The molecule has 8 fully saturated rings. The Morgan fingerprint density at radius 3 is 0.450 bits per heavy atom. The van der Waals surface area contributed by atoms with E-state index in [4.69, 9.17) is 0 Å². The quantitative estimate of drug-likeness (QED) is 0.252. The molecule has 0 spiro atoms. The van der Waals surface area contributed by atoms with Crippen LogP contribution in [0.3, 0.4) is 0 Å². The third-order valence-electron chi connectivity index (χ3n) is 9.44. The molecule has 0 aromatic carbocycles. The summed E-state index contributed by atoms with van der Waals surface area (Å²) in [6, 6.07) is 0. The Hall–Kier alpha value is 1.01. The summed E-state index contributed by atoms with van der Waals surface area (Å²) in [5.74, 6) is 14.9. The predicted octanol–water partition coefficient (Wildman–Crippen LogP) is 10.5. The maximum Gasteiger partial charge on any atom is 0 e. The Labute approximate surface area is 272 Å². The maximum absolute atomic E-state index is 2.00. The van der Waals surface area contributed by atoms with Crippen LogP contribution in [0.1, 0.15) is 128 Å². The van der Waals surface area contributed by atoms with Gasteiger partial charge >= 0.3 is 0 Å². The standard InChI is InChI=1S/C28H40.2C5H5.2Co/c1-5-13-21-23-15-7-2-8-16-24-22(14-6-1)26-18-10-3-9-17-25(21)27(23)19-11-4-12-20-28(24)26;2*1-2-4-5-3-1;;/h1-20H2;2*1-5H;;. The molecule has 0 saturated heterocycles. The molecule has 0 nitrogen and oxygen atoms in total. The van der Waals surface area contributed by atoms with Crippen molar-refractivity contribution < 1.29 is 33.6 Å². The van der Waals surface area contributed by atoms with Crippen LogP contribution in [0.2, 0.25) is 0 Å². The number of hydrogen-bond donors (Lipinski definition) is 0. The van der Waals surface area contributed by atoms with E-state index in [1.54, 1.807) is 0 Å². The number of fused-ring (bicyclic) bond motifs is 16. The van der Waals surface area contributed by atoms with Gasteiger partial charge in [0.15, 0.2) is 0 Å². The third-order valence-corrected chi connectivity index (χ3v) is 9.44. The minimum absolute atomic E-state index is 0. The van der Waals surface area contributed by atoms with Crippen LogP contribution in [-0.2, 0) is 33.6 Å². The molecule has 8 saturated carbocycles. The van der Waals surface area contributed by atoms with Crippen LogP contribution in [0.5, 0.6) is 0 Å². The molecule has 0 aliphatic heterocycles. The van der Waals surface area contributed by atoms with Crippen LogP contribution in [0.4, 0.5) is 0 Å². The zero-order valence-corrected chi connectivity index (χ0v) is 26.7. The topological polar surface area (TPSA) is 0 Å². The van der Waals surface area contributed by atoms with Gasteiger partial charge in [0.05, 0.1) is 0 Å². The van der Waals surface area contributed by atoms with E-state index in [0.717, 1.165) is 0 Å². The van der Waals surface area contributed by atoms with Gasteiger partial charge < -0.3 is 0 Å². The molecule has 0 N–H and O–H groups in total. The summed E-state index contributed by atoms with van der Waals surface area (Å²) < 4.78 is 0. The fraction of sp³-hybridized carbons (Fsp3) is 0.526. The summed E-state index contributed by atoms with van der Waals surface area (Å²) in [6.07, 6.45) is 48.4. The third kappa shape index (κ3) is 10.0. The summed E-state index contributed by atoms with van der Waals surface area (Å²) in [5, 5.41) is 0. The van der Waals surface area contributed by atoms with Crippen LogP contribution in [0, 0.1) is 112 Å². The van der Waals surface area contributed by atoms with Crippen molar-refractivity contribution in [3.8, 4) is 0 Å². The minimum Gasteiger partial charge on any atom is -0.0533 e. The Morgan fingerprint density at radius 2 is 0.325 bits per heavy atom. The molecule has 0 unspecified atom stereocenters. The first-order valence-corrected chi connectivity index (χ1v) is 16.2. The van der Waals surface area contributed by atoms with Gasteiger partial charge in [0.25, 0.3) is 0 Å². The summed E-state index contributed by atoms with van der Waals surface area (Å²) >= 11 is 0. The van der Waals surface area contributed by atoms with Crippen molar-refractivity contribution in [2.24, 2.45) is 0 Å². The van der Waals surface area contributed by atoms with E-state index in [0.29, 0.717) is 0 Å². The Kier molecular flexibility index (Phi) is 17.9. The fourth-order valence-electron chi connectivity index (χ4n) is 7.51. The predicted molar refractivity (Wildman–Crippen MR) is 161 cm³/mol. The van der Waals surface area contributed by atoms with E-state index in [-0.39, 0.29) is 33.6 Å². The van der Waals surface area contributed by atoms with Crippen LogP contribution >= 0.6 is 0 Å². The van der Waals surface area contributed by atoms with Gasteiger partial charge in [0.2, 0.25) is 0 Å². The van der Waals surface area contributed by atoms with E-state index in [2.05, 4.69) is 0 Å². The Bertz CT molecular complexity index is 456. The SMILES string of the molecule is C1CC[C]2[C]3CCCCC[C]4[C](CC1)[C]1CCCCC[C]2[C]3CCCCC[C]41.[CH]1[CH][CH][CH][CH]1.[CH]1[CH][CH][CH][CH]1.[Co].[Co]. The molecule has 0 aromatic heterocycles. The summed E-state index contributed by atoms with van der Waals surface area (Å²) in [7, 11) is 0. The Morgan fingerprint density at radius 1 is 0.200 bits per heavy atom. The maximum atomic E-state index is 2.00. The van der Waals surface area contributed by atoms with Gasteiger partial charge in [-0.1, -0.05) is 77.0 Å². The largest absolute Gasteiger partial charge is 0.0533 e. The van der Waals surface area contributed by atoms with Gasteiger partial charge in [-0.25, -0.2) is 0 Å². The number of rotatable bonds is 0. The second kappa shape index (κ2) is 20.1. The average molecular weight is 625 g/mol. The molecule has 8 bridgehead atoms. The van der Waals surface area contributed by atoms with Gasteiger partial charge in [-0.3, -0.25) is 0 Å². The molecule has 0 aromatic rings. The van der Waals surface area contributed by atoms with Crippen molar-refractivity contribution >= 4 is 0 Å². The van der Waals surface area contributed by atoms with Crippen LogP contribution in [-0.4, -0.2) is 0 Å². The number of hydrogen-bond acceptors (Lipinski definition) is 0. The van der Waals surface area contributed by atoms with Crippen LogP contribution in [0.15, 0.2) is 0 Å². The van der Waals surface area contributed by atoms with E-state index in [1.807, 2.05) is 112 Å². The van der Waals surface area contributed by atoms with Gasteiger partial charge in [-0.15, -0.1) is 0 Å². The minimum atomic E-state index is 0. The van der Waals surface area contributed by atoms with Crippen LogP contribution in [0.25, 0.3) is 0 Å². The molecule has 2 heteroatoms. The second-order valence-corrected chi connectivity index (χ2v) is 12.0. The van der Waals surface area contributed by atoms with Crippen molar-refractivity contribution in [2.75, 3.05) is 0 Å². The first kappa shape index (κ1) is 35.5. The monoisotopic (exact) mass is 624 g/mol. The first-order valence-electron chi connectivity index (χ1n) is 16.2. The van der Waals surface area contributed by atoms with Gasteiger partial charge in [0, 0.05) is 33.6 Å². The smallest absolute Gasteiger partial charge is 0 e. The molecule has 8 aliphatic carbocycles. The van der Waals surface area contributed by atoms with Crippen molar-refractivity contribution in [3.05, 3.63) is 112 Å². The zero-order chi connectivity index (χ0) is 25.8. The van der Waals surface area contributed by atoms with Crippen LogP contribution < -0.4 is 0 Å². The molecule has 8 rings (SSSR count). The molecule has 20 radical (unpaired) electrons. The second-order valence-electron chi connectivity index (χ2n) is 12.0. The molecule has 8 aliphatic rings. The summed E-state index contributed by atoms with van der Waals surface area (Å²) in [4.78, 5) is 0. The zero-order valence-electron chi connectivity index (χ0n) is 24.6. The van der Waals surface area contributed by atoms with E-state index in [1.165, 1.54) is 128 Å². The molecule has 0 heterocycles. The fourth-order valence-corrected chi connectivity index (χ4v) is 7.51. The average Bonchev–Trinajstić information content (AvgIpc) is 3.69. The molecule has 0 atom stereocenters. The van der Waals surface area contributed by atoms with Gasteiger partial charge in [-0.2, -0.15) is 0 Å². The van der Waals surface area contributed by atoms with E-state index < -0.39 is 0 Å².